The molecule has 0 heterocycles. The number of nitrogens with two attached hydrogens (primary N) is 1. The molecule has 0 aromatic carbocycles. The quantitative estimate of drug-likeness (QED) is 0.387. The second-order valence-electron chi connectivity index (χ2n) is 3.79. The number of hydrogen-bond donors (Lipinski definition) is 2. The van der Waals surface area contributed by atoms with E-state index >= 15 is 0 Å². The van der Waals surface area contributed by atoms with Crippen LogP contribution in [0.5, 0.6) is 0 Å². The van der Waals surface area contributed by atoms with Crippen LogP contribution in [0.15, 0.2) is 11.5 Å². The van der Waals surface area contributed by atoms with Gasteiger partial charge in [-0.15, -0.1) is 5.98 Å². The molecule has 0 aromatic heterocycles. The molecule has 0 fully saturated rings. The Kier molecular flexibility index (Phi) is 7.52. The topological polar surface area (TPSA) is 38.0 Å². The highest BCUT2D eigenvalue weighted by molar-refractivity contribution is 7.98. The van der Waals surface area contributed by atoms with E-state index in [-0.39, 0.29) is 6.04 Å². The molecule has 0 aliphatic heterocycles. The van der Waals surface area contributed by atoms with Crippen molar-refractivity contribution in [2.24, 2.45) is 11.7 Å². The van der Waals surface area contributed by atoms with Gasteiger partial charge in [0, 0.05) is 11.8 Å². The van der Waals surface area contributed by atoms with Gasteiger partial charge in [-0.05, 0) is 19.8 Å². The molecule has 0 aromatic rings. The van der Waals surface area contributed by atoms with Crippen molar-refractivity contribution in [2.75, 3.05) is 5.75 Å². The van der Waals surface area contributed by atoms with E-state index in [2.05, 4.69) is 31.4 Å². The Hall–Kier alpha value is 0.0749. The van der Waals surface area contributed by atoms with Gasteiger partial charge in [-0.25, -0.2) is 0 Å². The van der Waals surface area contributed by atoms with Crippen molar-refractivity contribution in [3.8, 4) is 0 Å². The Morgan fingerprint density at radius 2 is 2.15 bits per heavy atom. The molecule has 0 bridgehead atoms. The van der Waals surface area contributed by atoms with E-state index in [4.69, 9.17) is 5.73 Å². The smallest absolute Gasteiger partial charge is 0.239 e. The second-order valence-corrected chi connectivity index (χ2v) is 4.70. The predicted octanol–water partition coefficient (Wildman–Crippen LogP) is 1.48. The zero-order chi connectivity index (χ0) is 10.3. The fraction of sp³-hybridized carbons (Fsp3) is 0.778. The van der Waals surface area contributed by atoms with Gasteiger partial charge in [-0.2, -0.15) is 0 Å². The number of rotatable bonds is 6. The van der Waals surface area contributed by atoms with Crippen molar-refractivity contribution in [3.05, 3.63) is 11.5 Å². The monoisotopic (exact) mass is 200 g/mol. The van der Waals surface area contributed by atoms with Gasteiger partial charge in [0.05, 0.1) is 0 Å². The molecule has 0 amide bonds. The molecule has 1 atom stereocenters. The molecule has 0 radical (unpaired) electrons. The molecule has 0 aliphatic rings. The summed E-state index contributed by atoms with van der Waals surface area (Å²) in [5.74, 6) is 4.05. The third-order valence-electron chi connectivity index (χ3n) is 1.74. The summed E-state index contributed by atoms with van der Waals surface area (Å²) in [6.07, 6.45) is 0. The Balaban J connectivity index is 3.39. The molecule has 0 saturated heterocycles. The first-order valence-electron chi connectivity index (χ1n) is 4.81. The van der Waals surface area contributed by atoms with Crippen molar-refractivity contribution in [2.45, 2.75) is 33.7 Å². The molecule has 0 rings (SSSR count). The zero-order valence-corrected chi connectivity index (χ0v) is 9.95. The summed E-state index contributed by atoms with van der Waals surface area (Å²) in [6.45, 7) is 8.52. The summed E-state index contributed by atoms with van der Waals surface area (Å²) in [5, 5.41) is 0. The average Bonchev–Trinajstić information content (AvgIpc) is 2.02. The highest BCUT2D eigenvalue weighted by atomic mass is 32.2. The van der Waals surface area contributed by atoms with Crippen LogP contribution in [0.3, 0.4) is 0 Å². The summed E-state index contributed by atoms with van der Waals surface area (Å²) in [6, 6.07) is 0.178. The maximum atomic E-state index is 5.70. The largest absolute Gasteiger partial charge is 0.324 e. The average molecular weight is 200 g/mol. The SMILES string of the molecule is C/C(=C/BNSCC(C)C)[C@@H](C)N. The van der Waals surface area contributed by atoms with E-state index in [9.17, 15) is 0 Å². The lowest BCUT2D eigenvalue weighted by atomic mass is 9.91. The van der Waals surface area contributed by atoms with Crippen LogP contribution < -0.4 is 10.4 Å². The minimum absolute atomic E-state index is 0.178. The van der Waals surface area contributed by atoms with Gasteiger partial charge in [-0.1, -0.05) is 31.4 Å². The lowest BCUT2D eigenvalue weighted by Crippen LogP contribution is -2.18. The zero-order valence-electron chi connectivity index (χ0n) is 9.13. The van der Waals surface area contributed by atoms with Crippen LogP contribution in [0.2, 0.25) is 0 Å². The molecular formula is C9H21BN2S. The molecule has 0 spiro atoms. The fourth-order valence-corrected chi connectivity index (χ4v) is 1.33. The third kappa shape index (κ3) is 8.41. The number of hydrogen-bond acceptors (Lipinski definition) is 3. The summed E-state index contributed by atoms with van der Waals surface area (Å²) < 4.78 is 3.29. The first kappa shape index (κ1) is 13.1. The van der Waals surface area contributed by atoms with Crippen molar-refractivity contribution in [3.63, 3.8) is 0 Å². The van der Waals surface area contributed by atoms with Crippen LogP contribution >= 0.6 is 11.9 Å². The van der Waals surface area contributed by atoms with Gasteiger partial charge in [0.1, 0.15) is 0 Å². The number of nitrogens with one attached hydrogen (secondary N) is 1. The molecule has 2 nitrogen and oxygen atoms in total. The van der Waals surface area contributed by atoms with Crippen LogP contribution in [0.4, 0.5) is 0 Å². The summed E-state index contributed by atoms with van der Waals surface area (Å²) in [7, 11) is 0.908. The molecule has 0 unspecified atom stereocenters. The van der Waals surface area contributed by atoms with Gasteiger partial charge >= 0.3 is 0 Å². The van der Waals surface area contributed by atoms with E-state index in [1.807, 2.05) is 6.92 Å². The molecule has 3 N–H and O–H groups in total. The van der Waals surface area contributed by atoms with E-state index in [0.29, 0.717) is 0 Å². The standard InChI is InChI=1S/C9H21BN2S/c1-7(2)6-13-12-10-5-8(3)9(4)11/h5,7,9-10,12H,6,11H2,1-4H3/b8-5-/t9-/m1/s1. The van der Waals surface area contributed by atoms with Gasteiger partial charge < -0.3 is 10.4 Å². The molecule has 0 saturated carbocycles. The third-order valence-corrected chi connectivity index (χ3v) is 2.95. The van der Waals surface area contributed by atoms with E-state index < -0.39 is 0 Å². The van der Waals surface area contributed by atoms with Crippen LogP contribution in [-0.4, -0.2) is 19.2 Å². The van der Waals surface area contributed by atoms with E-state index in [1.54, 1.807) is 11.9 Å². The van der Waals surface area contributed by atoms with Crippen molar-refractivity contribution in [1.82, 2.24) is 4.63 Å². The second kappa shape index (κ2) is 7.48. The van der Waals surface area contributed by atoms with Crippen molar-refractivity contribution in [1.29, 1.82) is 0 Å². The van der Waals surface area contributed by atoms with Gasteiger partial charge in [0.2, 0.25) is 7.41 Å². The molecule has 13 heavy (non-hydrogen) atoms. The van der Waals surface area contributed by atoms with Crippen molar-refractivity contribution < 1.29 is 0 Å². The molecule has 76 valence electrons. The lowest BCUT2D eigenvalue weighted by molar-refractivity contribution is 0.750. The van der Waals surface area contributed by atoms with Gasteiger partial charge in [0.15, 0.2) is 0 Å². The summed E-state index contributed by atoms with van der Waals surface area (Å²) >= 11 is 1.78. The Labute approximate surface area is 87.1 Å². The van der Waals surface area contributed by atoms with Crippen LogP contribution in [0.25, 0.3) is 0 Å². The van der Waals surface area contributed by atoms with E-state index in [0.717, 1.165) is 19.1 Å². The minimum Gasteiger partial charge on any atom is -0.324 e. The van der Waals surface area contributed by atoms with Gasteiger partial charge in [0.25, 0.3) is 0 Å². The van der Waals surface area contributed by atoms with Crippen LogP contribution in [0.1, 0.15) is 27.7 Å². The van der Waals surface area contributed by atoms with Crippen molar-refractivity contribution >= 4 is 19.4 Å². The first-order valence-corrected chi connectivity index (χ1v) is 5.79. The molecular weight excluding hydrogens is 179 g/mol. The van der Waals surface area contributed by atoms with Crippen LogP contribution in [0, 0.1) is 5.92 Å². The normalized spacial score (nSPS) is 14.8. The van der Waals surface area contributed by atoms with Gasteiger partial charge in [-0.3, -0.25) is 0 Å². The predicted molar refractivity (Wildman–Crippen MR) is 65.0 cm³/mol. The highest BCUT2D eigenvalue weighted by Gasteiger charge is 1.96. The Morgan fingerprint density at radius 3 is 2.62 bits per heavy atom. The Morgan fingerprint density at radius 1 is 1.54 bits per heavy atom. The molecule has 4 heteroatoms. The summed E-state index contributed by atoms with van der Waals surface area (Å²) in [4.78, 5) is 0. The lowest BCUT2D eigenvalue weighted by Gasteiger charge is -2.06. The fourth-order valence-electron chi connectivity index (χ4n) is 0.673. The maximum absolute atomic E-state index is 5.70. The first-order chi connectivity index (χ1) is 6.04. The Bertz CT molecular complexity index is 158. The van der Waals surface area contributed by atoms with E-state index in [1.165, 1.54) is 5.57 Å². The molecule has 0 aliphatic carbocycles. The van der Waals surface area contributed by atoms with Crippen LogP contribution in [-0.2, 0) is 0 Å². The summed E-state index contributed by atoms with van der Waals surface area (Å²) in [5.41, 5.74) is 6.94. The minimum atomic E-state index is 0.178. The highest BCUT2D eigenvalue weighted by Crippen LogP contribution is 2.02. The maximum Gasteiger partial charge on any atom is 0.239 e.